The van der Waals surface area contributed by atoms with Crippen LogP contribution in [0.5, 0.6) is 5.88 Å². The van der Waals surface area contributed by atoms with Crippen molar-refractivity contribution in [2.75, 3.05) is 53.4 Å². The van der Waals surface area contributed by atoms with Crippen molar-refractivity contribution in [2.45, 2.75) is 0 Å². The van der Waals surface area contributed by atoms with E-state index in [4.69, 9.17) is 18.9 Å². The number of hydrogen-bond donors (Lipinski definition) is 0. The Morgan fingerprint density at radius 1 is 1.09 bits per heavy atom. The maximum Gasteiger partial charge on any atom is 0.331 e. The van der Waals surface area contributed by atoms with Crippen molar-refractivity contribution >= 4 is 21.9 Å². The van der Waals surface area contributed by atoms with Crippen LogP contribution in [0.4, 0.5) is 0 Å². The lowest BCUT2D eigenvalue weighted by Gasteiger charge is -2.07. The van der Waals surface area contributed by atoms with E-state index in [2.05, 4.69) is 25.7 Å². The predicted molar refractivity (Wildman–Crippen MR) is 81.9 cm³/mol. The minimum Gasteiger partial charge on any atom is -0.475 e. The minimum atomic E-state index is -0.400. The van der Waals surface area contributed by atoms with Gasteiger partial charge in [-0.25, -0.2) is 9.78 Å². The molecule has 8 heteroatoms. The molecule has 0 unspecified atom stereocenters. The summed E-state index contributed by atoms with van der Waals surface area (Å²) >= 11 is 3.34. The summed E-state index contributed by atoms with van der Waals surface area (Å²) in [5.41, 5.74) is 0. The van der Waals surface area contributed by atoms with Crippen molar-refractivity contribution in [1.82, 2.24) is 4.98 Å². The van der Waals surface area contributed by atoms with Crippen molar-refractivity contribution < 1.29 is 28.5 Å². The highest BCUT2D eigenvalue weighted by atomic mass is 79.9. The molecule has 0 fully saturated rings. The third-order valence-electron chi connectivity index (χ3n) is 2.37. The van der Waals surface area contributed by atoms with Crippen molar-refractivity contribution in [3.8, 4) is 5.88 Å². The van der Waals surface area contributed by atoms with Crippen LogP contribution in [0.3, 0.4) is 0 Å². The second-order valence-corrected chi connectivity index (χ2v) is 4.93. The maximum absolute atomic E-state index is 10.7. The molecular formula is C14H20BrNO6. The van der Waals surface area contributed by atoms with Crippen molar-refractivity contribution in [3.63, 3.8) is 0 Å². The maximum atomic E-state index is 10.7. The summed E-state index contributed by atoms with van der Waals surface area (Å²) in [6, 6.07) is 3.62. The largest absolute Gasteiger partial charge is 0.475 e. The van der Waals surface area contributed by atoms with Crippen LogP contribution in [0.2, 0.25) is 0 Å². The van der Waals surface area contributed by atoms with Gasteiger partial charge in [0.15, 0.2) is 0 Å². The molecule has 7 nitrogen and oxygen atoms in total. The number of carbonyl (C=O) groups excluding carboxylic acids is 1. The van der Waals surface area contributed by atoms with Crippen LogP contribution < -0.4 is 4.74 Å². The summed E-state index contributed by atoms with van der Waals surface area (Å²) in [6.45, 7) is 2.48. The highest BCUT2D eigenvalue weighted by Crippen LogP contribution is 2.14. The average molecular weight is 378 g/mol. The Balaban J connectivity index is 1.85. The normalized spacial score (nSPS) is 10.5. The number of hydrogen-bond acceptors (Lipinski definition) is 7. The van der Waals surface area contributed by atoms with Crippen molar-refractivity contribution in [2.24, 2.45) is 0 Å². The van der Waals surface area contributed by atoms with Gasteiger partial charge in [0.1, 0.15) is 13.2 Å². The van der Waals surface area contributed by atoms with Gasteiger partial charge in [-0.3, -0.25) is 0 Å². The second-order valence-electron chi connectivity index (χ2n) is 4.01. The highest BCUT2D eigenvalue weighted by molar-refractivity contribution is 9.10. The summed E-state index contributed by atoms with van der Waals surface area (Å²) in [4.78, 5) is 14.8. The topological polar surface area (TPSA) is 76.1 Å². The predicted octanol–water partition coefficient (Wildman–Crippen LogP) is 1.45. The van der Waals surface area contributed by atoms with Crippen LogP contribution in [-0.2, 0) is 23.7 Å². The minimum absolute atomic E-state index is 0.0582. The number of nitrogens with zero attached hydrogens (tertiary/aromatic N) is 1. The third kappa shape index (κ3) is 9.67. The number of carbonyl (C=O) groups is 1. The van der Waals surface area contributed by atoms with E-state index in [9.17, 15) is 4.79 Å². The van der Waals surface area contributed by atoms with Crippen LogP contribution >= 0.6 is 15.9 Å². The van der Waals surface area contributed by atoms with Gasteiger partial charge in [0.25, 0.3) is 0 Å². The van der Waals surface area contributed by atoms with E-state index in [0.717, 1.165) is 4.47 Å². The summed E-state index contributed by atoms with van der Waals surface area (Å²) in [6.07, 6.45) is 1.66. The Bertz CT molecular complexity index is 432. The van der Waals surface area contributed by atoms with Crippen LogP contribution in [0.25, 0.3) is 0 Å². The standard InChI is InChI=1S/C14H20BrNO6/c1-18-14(17)11-21-7-6-19-4-5-20-8-9-22-13-10-12(15)2-3-16-13/h2-3,10H,4-9,11H2,1H3. The summed E-state index contributed by atoms with van der Waals surface area (Å²) in [5.74, 6) is 0.153. The molecule has 0 bridgehead atoms. The Labute approximate surface area is 138 Å². The number of aromatic nitrogens is 1. The quantitative estimate of drug-likeness (QED) is 0.403. The number of rotatable bonds is 12. The number of pyridine rings is 1. The Kier molecular flexibility index (Phi) is 10.6. The van der Waals surface area contributed by atoms with Gasteiger partial charge < -0.3 is 23.7 Å². The molecule has 0 aromatic carbocycles. The molecule has 0 aliphatic rings. The van der Waals surface area contributed by atoms with Gasteiger partial charge in [-0.05, 0) is 6.07 Å². The highest BCUT2D eigenvalue weighted by Gasteiger charge is 1.99. The molecule has 0 saturated carbocycles. The number of ether oxygens (including phenoxy) is 5. The fourth-order valence-corrected chi connectivity index (χ4v) is 1.64. The monoisotopic (exact) mass is 377 g/mol. The summed E-state index contributed by atoms with van der Waals surface area (Å²) < 4.78 is 26.4. The molecule has 0 aliphatic carbocycles. The first kappa shape index (κ1) is 18.8. The average Bonchev–Trinajstić information content (AvgIpc) is 2.52. The molecule has 1 rings (SSSR count). The first-order chi connectivity index (χ1) is 10.7. The van der Waals surface area contributed by atoms with Gasteiger partial charge in [0.2, 0.25) is 5.88 Å². The van der Waals surface area contributed by atoms with E-state index >= 15 is 0 Å². The molecule has 22 heavy (non-hydrogen) atoms. The summed E-state index contributed by atoms with van der Waals surface area (Å²) in [5, 5.41) is 0. The molecule has 0 atom stereocenters. The fourth-order valence-electron chi connectivity index (χ4n) is 1.32. The van der Waals surface area contributed by atoms with Crippen LogP contribution in [0, 0.1) is 0 Å². The molecule has 1 heterocycles. The van der Waals surface area contributed by atoms with E-state index < -0.39 is 5.97 Å². The SMILES string of the molecule is COC(=O)COCCOCCOCCOc1cc(Br)ccn1. The first-order valence-corrected chi connectivity index (χ1v) is 7.56. The molecular weight excluding hydrogens is 358 g/mol. The molecule has 0 amide bonds. The van der Waals surface area contributed by atoms with Gasteiger partial charge >= 0.3 is 5.97 Å². The Hall–Kier alpha value is -1.22. The van der Waals surface area contributed by atoms with Crippen LogP contribution in [0.1, 0.15) is 0 Å². The molecule has 0 aliphatic heterocycles. The van der Waals surface area contributed by atoms with Crippen molar-refractivity contribution in [1.29, 1.82) is 0 Å². The molecule has 0 spiro atoms. The lowest BCUT2D eigenvalue weighted by Crippen LogP contribution is -2.15. The van der Waals surface area contributed by atoms with E-state index in [1.54, 1.807) is 12.3 Å². The van der Waals surface area contributed by atoms with Gasteiger partial charge in [-0.2, -0.15) is 0 Å². The zero-order valence-corrected chi connectivity index (χ0v) is 14.0. The van der Waals surface area contributed by atoms with E-state index in [1.165, 1.54) is 7.11 Å². The van der Waals surface area contributed by atoms with Gasteiger partial charge in [0, 0.05) is 16.7 Å². The molecule has 0 N–H and O–H groups in total. The second kappa shape index (κ2) is 12.3. The third-order valence-corrected chi connectivity index (χ3v) is 2.86. The molecule has 1 aromatic heterocycles. The van der Waals surface area contributed by atoms with Crippen LogP contribution in [0.15, 0.2) is 22.8 Å². The van der Waals surface area contributed by atoms with Crippen molar-refractivity contribution in [3.05, 3.63) is 22.8 Å². The van der Waals surface area contributed by atoms with E-state index in [0.29, 0.717) is 45.5 Å². The number of esters is 1. The number of halogens is 1. The first-order valence-electron chi connectivity index (χ1n) is 6.77. The molecule has 124 valence electrons. The van der Waals surface area contributed by atoms with E-state index in [1.807, 2.05) is 6.07 Å². The Morgan fingerprint density at radius 3 is 2.36 bits per heavy atom. The van der Waals surface area contributed by atoms with Gasteiger partial charge in [-0.15, -0.1) is 0 Å². The zero-order valence-electron chi connectivity index (χ0n) is 12.5. The smallest absolute Gasteiger partial charge is 0.331 e. The zero-order chi connectivity index (χ0) is 16.0. The lowest BCUT2D eigenvalue weighted by atomic mass is 10.5. The fraction of sp³-hybridized carbons (Fsp3) is 0.571. The Morgan fingerprint density at radius 2 is 1.73 bits per heavy atom. The lowest BCUT2D eigenvalue weighted by molar-refractivity contribution is -0.146. The molecule has 1 aromatic rings. The molecule has 0 saturated heterocycles. The summed E-state index contributed by atoms with van der Waals surface area (Å²) in [7, 11) is 1.32. The van der Waals surface area contributed by atoms with Gasteiger partial charge in [0.05, 0.1) is 40.1 Å². The number of methoxy groups -OCH3 is 1. The van der Waals surface area contributed by atoms with Gasteiger partial charge in [-0.1, -0.05) is 15.9 Å². The van der Waals surface area contributed by atoms with Crippen LogP contribution in [-0.4, -0.2) is 64.3 Å². The molecule has 0 radical (unpaired) electrons. The van der Waals surface area contributed by atoms with E-state index in [-0.39, 0.29) is 6.61 Å².